The summed E-state index contributed by atoms with van der Waals surface area (Å²) in [7, 11) is 0. The van der Waals surface area contributed by atoms with Gasteiger partial charge in [-0.1, -0.05) is 130 Å². The van der Waals surface area contributed by atoms with Crippen molar-refractivity contribution in [3.63, 3.8) is 0 Å². The lowest BCUT2D eigenvalue weighted by atomic mass is 9.65. The summed E-state index contributed by atoms with van der Waals surface area (Å²) in [6.07, 6.45) is 5.89. The molecule has 0 atom stereocenters. The van der Waals surface area contributed by atoms with E-state index in [-0.39, 0.29) is 5.41 Å². The fourth-order valence-corrected chi connectivity index (χ4v) is 7.25. The summed E-state index contributed by atoms with van der Waals surface area (Å²) in [6.45, 7) is 4.64. The third-order valence-electron chi connectivity index (χ3n) is 9.16. The highest BCUT2D eigenvalue weighted by Crippen LogP contribution is 2.55. The molecule has 1 aliphatic rings. The zero-order valence-corrected chi connectivity index (χ0v) is 25.1. The molecule has 5 aromatic carbocycles. The topological polar surface area (TPSA) is 16.1 Å². The number of unbranched alkanes of at least 4 members (excludes halogenated alkanes) is 1. The number of pyridine rings is 1. The third-order valence-corrected chi connectivity index (χ3v) is 9.16. The van der Waals surface area contributed by atoms with Crippen molar-refractivity contribution in [2.75, 3.05) is 4.90 Å². The Morgan fingerprint density at radius 2 is 1.23 bits per heavy atom. The van der Waals surface area contributed by atoms with Crippen LogP contribution in [0.15, 0.2) is 133 Å². The Labute approximate surface area is 255 Å². The molecule has 7 rings (SSSR count). The van der Waals surface area contributed by atoms with Gasteiger partial charge < -0.3 is 4.90 Å². The van der Waals surface area contributed by atoms with Crippen molar-refractivity contribution in [2.45, 2.75) is 51.4 Å². The van der Waals surface area contributed by atoms with Crippen LogP contribution in [0.1, 0.15) is 57.1 Å². The van der Waals surface area contributed by atoms with E-state index < -0.39 is 0 Å². The molecule has 1 aliphatic heterocycles. The van der Waals surface area contributed by atoms with Gasteiger partial charge in [0.15, 0.2) is 0 Å². The number of para-hydroxylation sites is 3. The van der Waals surface area contributed by atoms with Gasteiger partial charge in [0.05, 0.1) is 22.6 Å². The van der Waals surface area contributed by atoms with Gasteiger partial charge in [0, 0.05) is 22.1 Å². The van der Waals surface area contributed by atoms with Gasteiger partial charge in [0.1, 0.15) is 0 Å². The third kappa shape index (κ3) is 4.72. The maximum Gasteiger partial charge on any atom is 0.0716 e. The molecule has 2 heteroatoms. The molecule has 0 amide bonds. The molecule has 0 radical (unpaired) electrons. The van der Waals surface area contributed by atoms with E-state index in [0.717, 1.165) is 35.3 Å². The van der Waals surface area contributed by atoms with E-state index in [1.54, 1.807) is 0 Å². The average molecular weight is 559 g/mol. The maximum absolute atomic E-state index is 5.17. The van der Waals surface area contributed by atoms with Crippen LogP contribution in [0.3, 0.4) is 0 Å². The van der Waals surface area contributed by atoms with Crippen LogP contribution in [0, 0.1) is 0 Å². The molecule has 0 N–H and O–H groups in total. The average Bonchev–Trinajstić information content (AvgIpc) is 3.07. The smallest absolute Gasteiger partial charge is 0.0716 e. The summed E-state index contributed by atoms with van der Waals surface area (Å²) in [5.41, 5.74) is 12.2. The molecule has 0 spiro atoms. The van der Waals surface area contributed by atoms with Crippen molar-refractivity contribution in [3.8, 4) is 22.4 Å². The summed E-state index contributed by atoms with van der Waals surface area (Å²) in [5, 5.41) is 1.17. The summed E-state index contributed by atoms with van der Waals surface area (Å²) < 4.78 is 0. The molecule has 0 saturated carbocycles. The largest absolute Gasteiger partial charge is 0.310 e. The first kappa shape index (κ1) is 27.2. The first-order chi connectivity index (χ1) is 21.2. The molecule has 0 bridgehead atoms. The first-order valence-electron chi connectivity index (χ1n) is 15.8. The Balaban J connectivity index is 1.40. The molecule has 0 aliphatic carbocycles. The minimum Gasteiger partial charge on any atom is -0.310 e. The van der Waals surface area contributed by atoms with Gasteiger partial charge in [-0.25, -0.2) is 4.98 Å². The summed E-state index contributed by atoms with van der Waals surface area (Å²) in [6, 6.07) is 48.5. The maximum atomic E-state index is 5.17. The number of fused-ring (bicyclic) bond motifs is 3. The Morgan fingerprint density at radius 1 is 0.581 bits per heavy atom. The Bertz CT molecular complexity index is 1840. The lowest BCUT2D eigenvalue weighted by Gasteiger charge is -2.46. The summed E-state index contributed by atoms with van der Waals surface area (Å²) >= 11 is 0. The van der Waals surface area contributed by atoms with Crippen LogP contribution in [0.4, 0.5) is 17.1 Å². The minimum atomic E-state index is 0.0243. The van der Waals surface area contributed by atoms with Gasteiger partial charge in [0.25, 0.3) is 0 Å². The van der Waals surface area contributed by atoms with Crippen molar-refractivity contribution in [1.29, 1.82) is 0 Å². The van der Waals surface area contributed by atoms with Crippen molar-refractivity contribution >= 4 is 28.0 Å². The number of hydrogen-bond acceptors (Lipinski definition) is 2. The van der Waals surface area contributed by atoms with Gasteiger partial charge in [-0.05, 0) is 71.5 Å². The molecule has 0 saturated heterocycles. The minimum absolute atomic E-state index is 0.0243. The molecule has 0 unspecified atom stereocenters. The molecule has 43 heavy (non-hydrogen) atoms. The zero-order valence-electron chi connectivity index (χ0n) is 25.1. The number of hydrogen-bond donors (Lipinski definition) is 0. The molecular formula is C41H38N2. The number of benzene rings is 5. The van der Waals surface area contributed by atoms with Crippen LogP contribution < -0.4 is 4.90 Å². The van der Waals surface area contributed by atoms with E-state index in [1.165, 1.54) is 58.3 Å². The molecule has 1 aromatic heterocycles. The van der Waals surface area contributed by atoms with E-state index in [0.29, 0.717) is 0 Å². The molecular weight excluding hydrogens is 520 g/mol. The lowest BCUT2D eigenvalue weighted by Crippen LogP contribution is -2.35. The summed E-state index contributed by atoms with van der Waals surface area (Å²) in [4.78, 5) is 7.65. The highest BCUT2D eigenvalue weighted by atomic mass is 15.2. The van der Waals surface area contributed by atoms with E-state index in [1.807, 2.05) is 0 Å². The fraction of sp³-hybridized carbons (Fsp3) is 0.195. The van der Waals surface area contributed by atoms with Crippen molar-refractivity contribution in [1.82, 2.24) is 4.98 Å². The van der Waals surface area contributed by atoms with Crippen LogP contribution in [0.5, 0.6) is 0 Å². The van der Waals surface area contributed by atoms with Crippen molar-refractivity contribution in [3.05, 3.63) is 145 Å². The molecule has 2 nitrogen and oxygen atoms in total. The second-order valence-electron chi connectivity index (χ2n) is 11.8. The van der Waals surface area contributed by atoms with E-state index in [4.69, 9.17) is 4.98 Å². The molecule has 0 fully saturated rings. The monoisotopic (exact) mass is 558 g/mol. The molecule has 2 heterocycles. The normalized spacial score (nSPS) is 13.5. The van der Waals surface area contributed by atoms with E-state index >= 15 is 0 Å². The molecule has 212 valence electrons. The van der Waals surface area contributed by atoms with Gasteiger partial charge in [-0.2, -0.15) is 0 Å². The summed E-state index contributed by atoms with van der Waals surface area (Å²) in [5.74, 6) is 0. The Kier molecular flexibility index (Phi) is 7.28. The second-order valence-corrected chi connectivity index (χ2v) is 11.8. The number of nitrogens with zero attached hydrogens (tertiary/aromatic N) is 2. The predicted octanol–water partition coefficient (Wildman–Crippen LogP) is 11.6. The van der Waals surface area contributed by atoms with Gasteiger partial charge >= 0.3 is 0 Å². The van der Waals surface area contributed by atoms with Gasteiger partial charge in [0.2, 0.25) is 0 Å². The van der Waals surface area contributed by atoms with Gasteiger partial charge in [-0.15, -0.1) is 0 Å². The Hall–Kier alpha value is -4.69. The van der Waals surface area contributed by atoms with Crippen LogP contribution in [-0.4, -0.2) is 4.98 Å². The van der Waals surface area contributed by atoms with Gasteiger partial charge in [-0.3, -0.25) is 0 Å². The second kappa shape index (κ2) is 11.5. The van der Waals surface area contributed by atoms with E-state index in [2.05, 4.69) is 152 Å². The zero-order chi connectivity index (χ0) is 29.2. The standard InChI is InChI=1S/C41H38N2/c1-3-5-27-41(26-4-2)35-21-10-13-24-39(35)43(40-25-14-11-22-36(40)41)32-19-15-18-31(28-32)38-29-34(30-16-7-6-8-17-30)33-20-9-12-23-37(33)42-38/h6-25,28-29H,3-5,26-27H2,1-2H3. The number of anilines is 3. The highest BCUT2D eigenvalue weighted by molar-refractivity contribution is 5.97. The number of rotatable bonds is 8. The Morgan fingerprint density at radius 3 is 1.95 bits per heavy atom. The SMILES string of the molecule is CCCCC1(CCC)c2ccccc2N(c2cccc(-c3cc(-c4ccccc4)c4ccccc4n3)c2)c2ccccc21. The van der Waals surface area contributed by atoms with Crippen LogP contribution in [0.2, 0.25) is 0 Å². The van der Waals surface area contributed by atoms with Crippen molar-refractivity contribution in [2.24, 2.45) is 0 Å². The quantitative estimate of drug-likeness (QED) is 0.185. The van der Waals surface area contributed by atoms with E-state index in [9.17, 15) is 0 Å². The fourth-order valence-electron chi connectivity index (χ4n) is 7.25. The van der Waals surface area contributed by atoms with Crippen LogP contribution in [0.25, 0.3) is 33.3 Å². The highest BCUT2D eigenvalue weighted by Gasteiger charge is 2.42. The first-order valence-corrected chi connectivity index (χ1v) is 15.8. The lowest BCUT2D eigenvalue weighted by molar-refractivity contribution is 0.413. The predicted molar refractivity (Wildman–Crippen MR) is 183 cm³/mol. The number of aromatic nitrogens is 1. The molecule has 6 aromatic rings. The van der Waals surface area contributed by atoms with Crippen LogP contribution in [-0.2, 0) is 5.41 Å². The van der Waals surface area contributed by atoms with Crippen molar-refractivity contribution < 1.29 is 0 Å². The van der Waals surface area contributed by atoms with Crippen LogP contribution >= 0.6 is 0 Å².